The topological polar surface area (TPSA) is 88.7 Å². The molecule has 1 fully saturated rings. The number of halogens is 1. The predicted molar refractivity (Wildman–Crippen MR) is 102 cm³/mol. The molecule has 2 aromatic rings. The molecule has 1 aromatic heterocycles. The van der Waals surface area contributed by atoms with Crippen LogP contribution in [0.4, 0.5) is 11.4 Å². The van der Waals surface area contributed by atoms with Crippen molar-refractivity contribution in [2.24, 2.45) is 0 Å². The van der Waals surface area contributed by atoms with Gasteiger partial charge in [-0.15, -0.1) is 0 Å². The molecule has 0 spiro atoms. The van der Waals surface area contributed by atoms with Gasteiger partial charge < -0.3 is 9.80 Å². The lowest BCUT2D eigenvalue weighted by molar-refractivity contribution is -0.385. The fourth-order valence-corrected chi connectivity index (χ4v) is 3.28. The molecule has 0 radical (unpaired) electrons. The van der Waals surface area contributed by atoms with Crippen molar-refractivity contribution >= 4 is 28.9 Å². The number of anilines is 1. The number of aryl methyl sites for hydroxylation is 1. The molecule has 1 aromatic carbocycles. The molecule has 1 saturated heterocycles. The third kappa shape index (κ3) is 4.28. The largest absolute Gasteiger partial charge is 0.368 e. The summed E-state index contributed by atoms with van der Waals surface area (Å²) in [6.45, 7) is 4.12. The summed E-state index contributed by atoms with van der Waals surface area (Å²) in [7, 11) is 0. The highest BCUT2D eigenvalue weighted by atomic mass is 35.5. The Hall–Kier alpha value is -2.87. The van der Waals surface area contributed by atoms with Crippen LogP contribution in [0.1, 0.15) is 5.56 Å². The first-order valence-corrected chi connectivity index (χ1v) is 8.87. The number of aromatic nitrogens is 1. The number of carbonyl (C=O) groups excluding carboxylic acids is 1. The van der Waals surface area contributed by atoms with E-state index < -0.39 is 10.5 Å². The Balaban J connectivity index is 1.65. The van der Waals surface area contributed by atoms with Gasteiger partial charge >= 0.3 is 0 Å². The number of hydrogen-bond donors (Lipinski definition) is 0. The molecule has 1 aliphatic rings. The molecule has 0 atom stereocenters. The molecule has 2 heterocycles. The maximum Gasteiger partial charge on any atom is 0.285 e. The number of hydrogen-bond acceptors (Lipinski definition) is 5. The van der Waals surface area contributed by atoms with Gasteiger partial charge in [0.25, 0.3) is 11.2 Å². The van der Waals surface area contributed by atoms with Crippen molar-refractivity contribution in [3.8, 4) is 0 Å². The van der Waals surface area contributed by atoms with E-state index >= 15 is 0 Å². The molecule has 0 aliphatic carbocycles. The molecule has 9 heteroatoms. The van der Waals surface area contributed by atoms with Gasteiger partial charge in [-0.1, -0.05) is 17.7 Å². The summed E-state index contributed by atoms with van der Waals surface area (Å²) in [4.78, 5) is 38.5. The maximum absolute atomic E-state index is 12.5. The number of pyridine rings is 1. The van der Waals surface area contributed by atoms with Crippen molar-refractivity contribution in [3.63, 3.8) is 0 Å². The minimum atomic E-state index is -0.591. The van der Waals surface area contributed by atoms with Gasteiger partial charge in [0.15, 0.2) is 0 Å². The summed E-state index contributed by atoms with van der Waals surface area (Å²) in [5, 5.41) is 11.5. The summed E-state index contributed by atoms with van der Waals surface area (Å²) in [5.41, 5.74) is 1.50. The summed E-state index contributed by atoms with van der Waals surface area (Å²) >= 11 is 6.08. The number of rotatable bonds is 4. The molecule has 27 heavy (non-hydrogen) atoms. The van der Waals surface area contributed by atoms with Gasteiger partial charge in [0, 0.05) is 49.0 Å². The lowest BCUT2D eigenvalue weighted by Gasteiger charge is -2.37. The second kappa shape index (κ2) is 7.79. The number of amides is 1. The fraction of sp³-hybridized carbons (Fsp3) is 0.333. The average molecular weight is 391 g/mol. The van der Waals surface area contributed by atoms with E-state index in [1.807, 2.05) is 25.1 Å². The number of carbonyl (C=O) groups is 1. The number of piperazine rings is 1. The third-order valence-corrected chi connectivity index (χ3v) is 4.86. The fourth-order valence-electron chi connectivity index (χ4n) is 3.12. The molecule has 8 nitrogen and oxygen atoms in total. The SMILES string of the molecule is Cc1ccc(Cl)cc1N1CCN(C(=O)Cn2cc([N+](=O)[O-])ccc2=O)CC1. The zero-order valence-electron chi connectivity index (χ0n) is 14.8. The first-order valence-electron chi connectivity index (χ1n) is 8.49. The van der Waals surface area contributed by atoms with Crippen LogP contribution in [0, 0.1) is 17.0 Å². The molecule has 1 amide bonds. The van der Waals surface area contributed by atoms with Crippen molar-refractivity contribution in [1.82, 2.24) is 9.47 Å². The molecule has 3 rings (SSSR count). The Bertz CT molecular complexity index is 935. The van der Waals surface area contributed by atoms with Crippen molar-refractivity contribution < 1.29 is 9.72 Å². The number of nitrogens with zero attached hydrogens (tertiary/aromatic N) is 4. The summed E-state index contributed by atoms with van der Waals surface area (Å²) < 4.78 is 1.08. The standard InChI is InChI=1S/C18H19ClN4O4/c1-13-2-3-14(19)10-16(13)20-6-8-21(9-7-20)18(25)12-22-11-15(23(26)27)4-5-17(22)24/h2-5,10-11H,6-9,12H2,1H3. The van der Waals surface area contributed by atoms with E-state index in [2.05, 4.69) is 4.90 Å². The zero-order chi connectivity index (χ0) is 19.6. The predicted octanol–water partition coefficient (Wildman–Crippen LogP) is 2.07. The van der Waals surface area contributed by atoms with Gasteiger partial charge in [-0.2, -0.15) is 0 Å². The normalized spacial score (nSPS) is 14.3. The van der Waals surface area contributed by atoms with E-state index in [4.69, 9.17) is 11.6 Å². The summed E-state index contributed by atoms with van der Waals surface area (Å²) in [6.07, 6.45) is 1.10. The van der Waals surface area contributed by atoms with Crippen LogP contribution in [0.2, 0.25) is 5.02 Å². The minimum Gasteiger partial charge on any atom is -0.368 e. The lowest BCUT2D eigenvalue weighted by atomic mass is 10.1. The Morgan fingerprint density at radius 2 is 1.89 bits per heavy atom. The molecule has 0 N–H and O–H groups in total. The van der Waals surface area contributed by atoms with Crippen molar-refractivity contribution in [2.75, 3.05) is 31.1 Å². The van der Waals surface area contributed by atoms with E-state index in [0.29, 0.717) is 31.2 Å². The second-order valence-electron chi connectivity index (χ2n) is 6.41. The van der Waals surface area contributed by atoms with Crippen LogP contribution in [0.15, 0.2) is 41.3 Å². The Kier molecular flexibility index (Phi) is 5.46. The first kappa shape index (κ1) is 18.9. The first-order chi connectivity index (χ1) is 12.8. The van der Waals surface area contributed by atoms with Crippen molar-refractivity contribution in [2.45, 2.75) is 13.5 Å². The number of benzene rings is 1. The highest BCUT2D eigenvalue weighted by Gasteiger charge is 2.23. The molecule has 0 unspecified atom stereocenters. The van der Waals surface area contributed by atoms with Crippen molar-refractivity contribution in [3.05, 3.63) is 67.6 Å². The van der Waals surface area contributed by atoms with Crippen LogP contribution >= 0.6 is 11.6 Å². The van der Waals surface area contributed by atoms with E-state index in [9.17, 15) is 19.7 Å². The Labute approximate surface area is 160 Å². The zero-order valence-corrected chi connectivity index (χ0v) is 15.6. The van der Waals surface area contributed by atoms with Crippen molar-refractivity contribution in [1.29, 1.82) is 0 Å². The molecule has 1 aliphatic heterocycles. The van der Waals surface area contributed by atoms with Crippen LogP contribution in [-0.4, -0.2) is 46.5 Å². The molecular weight excluding hydrogens is 372 g/mol. The van der Waals surface area contributed by atoms with E-state index in [1.54, 1.807) is 4.90 Å². The van der Waals surface area contributed by atoms with Crippen LogP contribution < -0.4 is 10.5 Å². The number of nitro groups is 1. The second-order valence-corrected chi connectivity index (χ2v) is 6.85. The average Bonchev–Trinajstić information content (AvgIpc) is 2.65. The molecular formula is C18H19ClN4O4. The lowest BCUT2D eigenvalue weighted by Crippen LogP contribution is -2.50. The molecule has 0 bridgehead atoms. The van der Waals surface area contributed by atoms with Gasteiger partial charge in [0.2, 0.25) is 5.91 Å². The summed E-state index contributed by atoms with van der Waals surface area (Å²) in [6, 6.07) is 7.96. The highest BCUT2D eigenvalue weighted by Crippen LogP contribution is 2.25. The molecule has 0 saturated carbocycles. The van der Waals surface area contributed by atoms with Crippen LogP contribution in [0.5, 0.6) is 0 Å². The van der Waals surface area contributed by atoms with E-state index in [0.717, 1.165) is 34.1 Å². The van der Waals surface area contributed by atoms with E-state index in [1.165, 1.54) is 0 Å². The Morgan fingerprint density at radius 3 is 2.56 bits per heavy atom. The third-order valence-electron chi connectivity index (χ3n) is 4.63. The molecule has 142 valence electrons. The maximum atomic E-state index is 12.5. The summed E-state index contributed by atoms with van der Waals surface area (Å²) in [5.74, 6) is -0.236. The minimum absolute atomic E-state index is 0.212. The van der Waals surface area contributed by atoms with Crippen LogP contribution in [0.3, 0.4) is 0 Å². The van der Waals surface area contributed by atoms with Gasteiger partial charge in [-0.3, -0.25) is 24.3 Å². The van der Waals surface area contributed by atoms with E-state index in [-0.39, 0.29) is 18.1 Å². The monoisotopic (exact) mass is 390 g/mol. The highest BCUT2D eigenvalue weighted by molar-refractivity contribution is 6.30. The van der Waals surface area contributed by atoms with Gasteiger partial charge in [0.05, 0.1) is 11.1 Å². The van der Waals surface area contributed by atoms with Crippen LogP contribution in [0.25, 0.3) is 0 Å². The quantitative estimate of drug-likeness (QED) is 0.589. The van der Waals surface area contributed by atoms with Gasteiger partial charge in [-0.05, 0) is 24.6 Å². The smallest absolute Gasteiger partial charge is 0.285 e. The van der Waals surface area contributed by atoms with Gasteiger partial charge in [0.1, 0.15) is 6.54 Å². The van der Waals surface area contributed by atoms with Crippen LogP contribution in [-0.2, 0) is 11.3 Å². The van der Waals surface area contributed by atoms with Gasteiger partial charge in [-0.25, -0.2) is 0 Å². The Morgan fingerprint density at radius 1 is 1.19 bits per heavy atom.